The second-order valence-corrected chi connectivity index (χ2v) is 4.22. The average Bonchev–Trinajstić information content (AvgIpc) is 2.31. The predicted molar refractivity (Wildman–Crippen MR) is 67.2 cm³/mol. The molecule has 0 fully saturated rings. The molecule has 0 spiro atoms. The van der Waals surface area contributed by atoms with Crippen LogP contribution in [0.1, 0.15) is 32.3 Å². The molecule has 0 heterocycles. The summed E-state index contributed by atoms with van der Waals surface area (Å²) in [5.41, 5.74) is 0.899. The molecule has 0 amide bonds. The Morgan fingerprint density at radius 1 is 1.29 bits per heavy atom. The van der Waals surface area contributed by atoms with Gasteiger partial charge in [0.1, 0.15) is 5.75 Å². The third kappa shape index (κ3) is 3.22. The van der Waals surface area contributed by atoms with Gasteiger partial charge in [0.25, 0.3) is 0 Å². The summed E-state index contributed by atoms with van der Waals surface area (Å²) in [7, 11) is 1.42. The van der Waals surface area contributed by atoms with Crippen molar-refractivity contribution in [2.45, 2.75) is 26.7 Å². The monoisotopic (exact) mass is 236 g/mol. The van der Waals surface area contributed by atoms with E-state index in [1.807, 2.05) is 45.0 Å². The molecular weight excluding hydrogens is 216 g/mol. The van der Waals surface area contributed by atoms with Gasteiger partial charge in [-0.2, -0.15) is 0 Å². The van der Waals surface area contributed by atoms with Crippen LogP contribution < -0.4 is 4.74 Å². The molecule has 0 aromatic heterocycles. The normalized spacial score (nSPS) is 12.3. The third-order valence-electron chi connectivity index (χ3n) is 2.68. The van der Waals surface area contributed by atoms with Gasteiger partial charge in [-0.3, -0.25) is 4.79 Å². The van der Waals surface area contributed by atoms with E-state index in [1.165, 1.54) is 7.11 Å². The Bertz CT molecular complexity index is 371. The number of hydrogen-bond donors (Lipinski definition) is 0. The highest BCUT2D eigenvalue weighted by atomic mass is 16.5. The van der Waals surface area contributed by atoms with Crippen LogP contribution in [0.4, 0.5) is 0 Å². The molecule has 0 radical (unpaired) electrons. The summed E-state index contributed by atoms with van der Waals surface area (Å²) >= 11 is 0. The predicted octanol–water partition coefficient (Wildman–Crippen LogP) is 3.00. The first-order valence-electron chi connectivity index (χ1n) is 5.91. The highest BCUT2D eigenvalue weighted by Crippen LogP contribution is 2.32. The van der Waals surface area contributed by atoms with E-state index in [2.05, 4.69) is 0 Å². The van der Waals surface area contributed by atoms with Gasteiger partial charge in [-0.05, 0) is 18.9 Å². The Morgan fingerprint density at radius 3 is 2.47 bits per heavy atom. The van der Waals surface area contributed by atoms with Crippen LogP contribution >= 0.6 is 0 Å². The summed E-state index contributed by atoms with van der Waals surface area (Å²) in [6, 6.07) is 7.63. The number of carbonyl (C=O) groups is 1. The van der Waals surface area contributed by atoms with Crippen molar-refractivity contribution in [3.63, 3.8) is 0 Å². The SMILES string of the molecule is CCOc1ccccc1C(C(=O)OC)C(C)C. The van der Waals surface area contributed by atoms with Crippen molar-refractivity contribution in [3.05, 3.63) is 29.8 Å². The first-order chi connectivity index (χ1) is 8.11. The molecule has 0 bridgehead atoms. The van der Waals surface area contributed by atoms with Crippen LogP contribution in [0.15, 0.2) is 24.3 Å². The van der Waals surface area contributed by atoms with E-state index in [-0.39, 0.29) is 17.8 Å². The number of esters is 1. The quantitative estimate of drug-likeness (QED) is 0.737. The fourth-order valence-electron chi connectivity index (χ4n) is 1.91. The zero-order chi connectivity index (χ0) is 12.8. The van der Waals surface area contributed by atoms with Crippen LogP contribution in [0, 0.1) is 5.92 Å². The fourth-order valence-corrected chi connectivity index (χ4v) is 1.91. The Hall–Kier alpha value is -1.51. The maximum atomic E-state index is 11.8. The molecule has 94 valence electrons. The van der Waals surface area contributed by atoms with E-state index in [9.17, 15) is 4.79 Å². The third-order valence-corrected chi connectivity index (χ3v) is 2.68. The van der Waals surface area contributed by atoms with Crippen molar-refractivity contribution >= 4 is 5.97 Å². The van der Waals surface area contributed by atoms with Crippen molar-refractivity contribution in [2.24, 2.45) is 5.92 Å². The molecule has 1 rings (SSSR count). The number of hydrogen-bond acceptors (Lipinski definition) is 3. The van der Waals surface area contributed by atoms with Gasteiger partial charge in [0.15, 0.2) is 0 Å². The van der Waals surface area contributed by atoms with Crippen molar-refractivity contribution < 1.29 is 14.3 Å². The summed E-state index contributed by atoms with van der Waals surface area (Å²) in [6.45, 7) is 6.52. The molecule has 1 unspecified atom stereocenters. The van der Waals surface area contributed by atoms with Crippen molar-refractivity contribution in [3.8, 4) is 5.75 Å². The maximum absolute atomic E-state index is 11.8. The Kier molecular flexibility index (Phi) is 5.01. The lowest BCUT2D eigenvalue weighted by Crippen LogP contribution is -2.20. The van der Waals surface area contributed by atoms with E-state index < -0.39 is 0 Å². The molecule has 0 aliphatic rings. The molecule has 0 aliphatic carbocycles. The molecule has 1 aromatic rings. The second kappa shape index (κ2) is 6.28. The Labute approximate surface area is 103 Å². The van der Waals surface area contributed by atoms with E-state index in [0.717, 1.165) is 11.3 Å². The first-order valence-corrected chi connectivity index (χ1v) is 5.91. The summed E-state index contributed by atoms with van der Waals surface area (Å²) in [5, 5.41) is 0. The Morgan fingerprint density at radius 2 is 1.94 bits per heavy atom. The van der Waals surface area contributed by atoms with Crippen LogP contribution in [0.2, 0.25) is 0 Å². The lowest BCUT2D eigenvalue weighted by molar-refractivity contribution is -0.143. The zero-order valence-corrected chi connectivity index (χ0v) is 10.9. The Balaban J connectivity index is 3.13. The number of benzene rings is 1. The minimum Gasteiger partial charge on any atom is -0.494 e. The van der Waals surface area contributed by atoms with Crippen LogP contribution in [0.3, 0.4) is 0 Å². The van der Waals surface area contributed by atoms with Crippen LogP contribution in [0.5, 0.6) is 5.75 Å². The topological polar surface area (TPSA) is 35.5 Å². The van der Waals surface area contributed by atoms with Crippen molar-refractivity contribution in [1.29, 1.82) is 0 Å². The van der Waals surface area contributed by atoms with Gasteiger partial charge in [-0.1, -0.05) is 32.0 Å². The maximum Gasteiger partial charge on any atom is 0.313 e. The summed E-state index contributed by atoms with van der Waals surface area (Å²) in [4.78, 5) is 11.8. The van der Waals surface area contributed by atoms with Gasteiger partial charge in [0.2, 0.25) is 0 Å². The minimum atomic E-state index is -0.275. The van der Waals surface area contributed by atoms with Gasteiger partial charge in [0, 0.05) is 5.56 Å². The summed E-state index contributed by atoms with van der Waals surface area (Å²) in [6.07, 6.45) is 0. The number of ether oxygens (including phenoxy) is 2. The largest absolute Gasteiger partial charge is 0.494 e. The lowest BCUT2D eigenvalue weighted by Gasteiger charge is -2.21. The van der Waals surface area contributed by atoms with E-state index in [0.29, 0.717) is 6.61 Å². The zero-order valence-electron chi connectivity index (χ0n) is 10.9. The lowest BCUT2D eigenvalue weighted by atomic mass is 9.88. The molecule has 3 heteroatoms. The molecular formula is C14H20O3. The molecule has 0 saturated carbocycles. The summed E-state index contributed by atoms with van der Waals surface area (Å²) < 4.78 is 10.4. The standard InChI is InChI=1S/C14H20O3/c1-5-17-12-9-7-6-8-11(12)13(10(2)3)14(15)16-4/h6-10,13H,5H2,1-4H3. The molecule has 1 aromatic carbocycles. The summed E-state index contributed by atoms with van der Waals surface area (Å²) in [5.74, 6) is 0.443. The molecule has 0 saturated heterocycles. The van der Waals surface area contributed by atoms with Gasteiger partial charge in [-0.15, -0.1) is 0 Å². The molecule has 3 nitrogen and oxygen atoms in total. The fraction of sp³-hybridized carbons (Fsp3) is 0.500. The van der Waals surface area contributed by atoms with E-state index >= 15 is 0 Å². The second-order valence-electron chi connectivity index (χ2n) is 4.22. The van der Waals surface area contributed by atoms with Gasteiger partial charge in [-0.25, -0.2) is 0 Å². The highest BCUT2D eigenvalue weighted by Gasteiger charge is 2.27. The van der Waals surface area contributed by atoms with E-state index in [1.54, 1.807) is 0 Å². The van der Waals surface area contributed by atoms with Gasteiger partial charge < -0.3 is 9.47 Å². The van der Waals surface area contributed by atoms with E-state index in [4.69, 9.17) is 9.47 Å². The van der Waals surface area contributed by atoms with Crippen molar-refractivity contribution in [1.82, 2.24) is 0 Å². The smallest absolute Gasteiger partial charge is 0.313 e. The highest BCUT2D eigenvalue weighted by molar-refractivity contribution is 5.79. The molecule has 1 atom stereocenters. The minimum absolute atomic E-state index is 0.170. The van der Waals surface area contributed by atoms with Gasteiger partial charge >= 0.3 is 5.97 Å². The van der Waals surface area contributed by atoms with Gasteiger partial charge in [0.05, 0.1) is 19.6 Å². The number of para-hydroxylation sites is 1. The molecule has 0 aliphatic heterocycles. The first kappa shape index (κ1) is 13.6. The number of methoxy groups -OCH3 is 1. The van der Waals surface area contributed by atoms with Crippen molar-refractivity contribution in [2.75, 3.05) is 13.7 Å². The number of carbonyl (C=O) groups excluding carboxylic acids is 1. The average molecular weight is 236 g/mol. The number of rotatable bonds is 5. The van der Waals surface area contributed by atoms with Crippen LogP contribution in [-0.2, 0) is 9.53 Å². The van der Waals surface area contributed by atoms with Crippen LogP contribution in [0.25, 0.3) is 0 Å². The molecule has 0 N–H and O–H groups in total. The van der Waals surface area contributed by atoms with Crippen LogP contribution in [-0.4, -0.2) is 19.7 Å². The molecule has 17 heavy (non-hydrogen) atoms.